The predicted molar refractivity (Wildman–Crippen MR) is 136 cm³/mol. The minimum absolute atomic E-state index is 0.0860. The fourth-order valence-electron chi connectivity index (χ4n) is 4.07. The SMILES string of the molecule is C[C@@H]1COc2ccccc2-c2cncc(c2)S(=O)(=O)CCCC[C@H](NC(=O)c2cccc(F)c2)C(=O)N1. The summed E-state index contributed by atoms with van der Waals surface area (Å²) in [6.07, 6.45) is 3.75. The third kappa shape index (κ3) is 6.71. The van der Waals surface area contributed by atoms with Crippen LogP contribution >= 0.6 is 0 Å². The second-order valence-corrected chi connectivity index (χ2v) is 11.1. The lowest BCUT2D eigenvalue weighted by molar-refractivity contribution is -0.124. The van der Waals surface area contributed by atoms with Crippen LogP contribution in [0.25, 0.3) is 11.1 Å². The Morgan fingerprint density at radius 1 is 1.11 bits per heavy atom. The van der Waals surface area contributed by atoms with E-state index < -0.39 is 39.6 Å². The van der Waals surface area contributed by atoms with Crippen LogP contribution in [0.5, 0.6) is 5.75 Å². The Morgan fingerprint density at radius 2 is 1.92 bits per heavy atom. The molecule has 0 aliphatic carbocycles. The number of nitrogens with one attached hydrogen (secondary N) is 2. The topological polar surface area (TPSA) is 114 Å². The average molecular weight is 526 g/mol. The molecule has 2 atom stereocenters. The van der Waals surface area contributed by atoms with Crippen LogP contribution in [-0.4, -0.2) is 49.7 Å². The van der Waals surface area contributed by atoms with Crippen LogP contribution in [-0.2, 0) is 14.6 Å². The molecular formula is C27H28FN3O5S. The zero-order valence-electron chi connectivity index (χ0n) is 20.3. The van der Waals surface area contributed by atoms with Crippen molar-refractivity contribution in [2.24, 2.45) is 0 Å². The third-order valence-electron chi connectivity index (χ3n) is 6.01. The first kappa shape index (κ1) is 26.3. The molecule has 10 heteroatoms. The van der Waals surface area contributed by atoms with Gasteiger partial charge in [-0.1, -0.05) is 24.3 Å². The second kappa shape index (κ2) is 11.5. The van der Waals surface area contributed by atoms with Crippen molar-refractivity contribution in [1.82, 2.24) is 15.6 Å². The van der Waals surface area contributed by atoms with Gasteiger partial charge in [0, 0.05) is 29.1 Å². The van der Waals surface area contributed by atoms with Gasteiger partial charge in [0.15, 0.2) is 9.84 Å². The number of benzene rings is 2. The number of sulfone groups is 1. The Bertz CT molecular complexity index is 1400. The van der Waals surface area contributed by atoms with E-state index in [0.29, 0.717) is 23.3 Å². The van der Waals surface area contributed by atoms with E-state index in [2.05, 4.69) is 15.6 Å². The van der Waals surface area contributed by atoms with E-state index in [1.165, 1.54) is 24.4 Å². The summed E-state index contributed by atoms with van der Waals surface area (Å²) in [5, 5.41) is 5.51. The van der Waals surface area contributed by atoms with Gasteiger partial charge >= 0.3 is 0 Å². The van der Waals surface area contributed by atoms with Crippen molar-refractivity contribution in [3.8, 4) is 16.9 Å². The number of amides is 2. The molecule has 0 unspecified atom stereocenters. The van der Waals surface area contributed by atoms with Crippen molar-refractivity contribution >= 4 is 21.7 Å². The number of carbonyl (C=O) groups is 2. The van der Waals surface area contributed by atoms with Gasteiger partial charge in [0.25, 0.3) is 5.91 Å². The normalized spacial score (nSPS) is 20.1. The van der Waals surface area contributed by atoms with Crippen molar-refractivity contribution < 1.29 is 27.1 Å². The summed E-state index contributed by atoms with van der Waals surface area (Å²) < 4.78 is 45.6. The molecule has 2 bridgehead atoms. The highest BCUT2D eigenvalue weighted by atomic mass is 32.2. The largest absolute Gasteiger partial charge is 0.491 e. The number of ether oxygens (including phenoxy) is 1. The maximum absolute atomic E-state index is 13.6. The Balaban J connectivity index is 1.60. The number of fused-ring (bicyclic) bond motifs is 4. The number of hydrogen-bond acceptors (Lipinski definition) is 6. The molecule has 2 N–H and O–H groups in total. The molecule has 4 rings (SSSR count). The van der Waals surface area contributed by atoms with Crippen LogP contribution in [0.3, 0.4) is 0 Å². The fraction of sp³-hybridized carbons (Fsp3) is 0.296. The minimum Gasteiger partial charge on any atom is -0.491 e. The van der Waals surface area contributed by atoms with E-state index in [9.17, 15) is 22.4 Å². The third-order valence-corrected chi connectivity index (χ3v) is 7.78. The van der Waals surface area contributed by atoms with Gasteiger partial charge in [-0.3, -0.25) is 14.6 Å². The lowest BCUT2D eigenvalue weighted by Gasteiger charge is -2.22. The molecule has 0 radical (unpaired) electrons. The van der Waals surface area contributed by atoms with Crippen LogP contribution < -0.4 is 15.4 Å². The number of nitrogens with zero attached hydrogens (tertiary/aromatic N) is 1. The van der Waals surface area contributed by atoms with Gasteiger partial charge in [-0.25, -0.2) is 12.8 Å². The summed E-state index contributed by atoms with van der Waals surface area (Å²) in [7, 11) is -3.63. The molecule has 0 fully saturated rings. The maximum Gasteiger partial charge on any atom is 0.252 e. The first-order valence-corrected chi connectivity index (χ1v) is 13.6. The summed E-state index contributed by atoms with van der Waals surface area (Å²) in [6.45, 7) is 1.92. The molecule has 1 aromatic heterocycles. The average Bonchev–Trinajstić information content (AvgIpc) is 2.88. The minimum atomic E-state index is -3.63. The smallest absolute Gasteiger partial charge is 0.252 e. The molecule has 37 heavy (non-hydrogen) atoms. The van der Waals surface area contributed by atoms with Crippen LogP contribution in [0.4, 0.5) is 4.39 Å². The molecule has 8 nitrogen and oxygen atoms in total. The molecular weight excluding hydrogens is 497 g/mol. The Hall–Kier alpha value is -3.79. The lowest BCUT2D eigenvalue weighted by atomic mass is 10.1. The molecule has 1 aliphatic heterocycles. The number of carbonyl (C=O) groups excluding carboxylic acids is 2. The Labute approximate surface area is 215 Å². The molecule has 1 aliphatic rings. The van der Waals surface area contributed by atoms with E-state index in [4.69, 9.17) is 4.74 Å². The number of halogens is 1. The summed E-state index contributed by atoms with van der Waals surface area (Å²) in [6, 6.07) is 12.6. The molecule has 2 aromatic carbocycles. The molecule has 194 valence electrons. The standard InChI is InChI=1S/C27H28FN3O5S/c1-18-17-36-25-11-3-2-9-23(25)20-14-22(16-29-15-20)37(34,35)12-5-4-10-24(27(33)30-18)31-26(32)19-7-6-8-21(28)13-19/h2-3,6-9,11,13-16,18,24H,4-5,10,12,17H2,1H3,(H,30,33)(H,31,32)/t18-,24+/m1/s1. The van der Waals surface area contributed by atoms with Crippen LogP contribution in [0.2, 0.25) is 0 Å². The zero-order chi connectivity index (χ0) is 26.4. The van der Waals surface area contributed by atoms with Crippen molar-refractivity contribution in [3.05, 3.63) is 78.4 Å². The van der Waals surface area contributed by atoms with Crippen molar-refractivity contribution in [2.75, 3.05) is 12.4 Å². The number of aromatic nitrogens is 1. The van der Waals surface area contributed by atoms with Crippen molar-refractivity contribution in [2.45, 2.75) is 43.2 Å². The van der Waals surface area contributed by atoms with E-state index in [1.54, 1.807) is 31.3 Å². The van der Waals surface area contributed by atoms with Crippen LogP contribution in [0.15, 0.2) is 71.9 Å². The number of pyridine rings is 1. The summed E-state index contributed by atoms with van der Waals surface area (Å²) >= 11 is 0. The van der Waals surface area contributed by atoms with E-state index in [-0.39, 0.29) is 35.7 Å². The summed E-state index contributed by atoms with van der Waals surface area (Å²) in [5.41, 5.74) is 1.38. The highest BCUT2D eigenvalue weighted by Gasteiger charge is 2.24. The van der Waals surface area contributed by atoms with E-state index in [1.807, 2.05) is 12.1 Å². The van der Waals surface area contributed by atoms with Gasteiger partial charge < -0.3 is 15.4 Å². The zero-order valence-corrected chi connectivity index (χ0v) is 21.1. The summed E-state index contributed by atoms with van der Waals surface area (Å²) in [4.78, 5) is 30.0. The number of rotatable bonds is 2. The summed E-state index contributed by atoms with van der Waals surface area (Å²) in [5.74, 6) is -1.22. The Morgan fingerprint density at radius 3 is 2.73 bits per heavy atom. The van der Waals surface area contributed by atoms with Gasteiger partial charge in [-0.2, -0.15) is 0 Å². The molecule has 2 amide bonds. The van der Waals surface area contributed by atoms with E-state index in [0.717, 1.165) is 6.07 Å². The highest BCUT2D eigenvalue weighted by molar-refractivity contribution is 7.91. The molecule has 3 aromatic rings. The van der Waals surface area contributed by atoms with Crippen molar-refractivity contribution in [1.29, 1.82) is 0 Å². The van der Waals surface area contributed by atoms with Gasteiger partial charge in [-0.05, 0) is 56.5 Å². The number of hydrogen-bond donors (Lipinski definition) is 2. The predicted octanol–water partition coefficient (Wildman–Crippen LogP) is 3.53. The quantitative estimate of drug-likeness (QED) is 0.529. The van der Waals surface area contributed by atoms with Gasteiger partial charge in [-0.15, -0.1) is 0 Å². The van der Waals surface area contributed by atoms with Crippen LogP contribution in [0.1, 0.15) is 36.5 Å². The number of para-hydroxylation sites is 1. The van der Waals surface area contributed by atoms with Crippen LogP contribution in [0, 0.1) is 5.82 Å². The first-order chi connectivity index (χ1) is 17.7. The van der Waals surface area contributed by atoms with Gasteiger partial charge in [0.1, 0.15) is 24.2 Å². The monoisotopic (exact) mass is 525 g/mol. The van der Waals surface area contributed by atoms with E-state index >= 15 is 0 Å². The van der Waals surface area contributed by atoms with Gasteiger partial charge in [0.2, 0.25) is 5.91 Å². The molecule has 2 heterocycles. The Kier molecular flexibility index (Phi) is 8.17. The van der Waals surface area contributed by atoms with Crippen molar-refractivity contribution in [3.63, 3.8) is 0 Å². The fourth-order valence-corrected chi connectivity index (χ4v) is 5.41. The lowest BCUT2D eigenvalue weighted by Crippen LogP contribution is -2.50. The first-order valence-electron chi connectivity index (χ1n) is 12.0. The maximum atomic E-state index is 13.6. The highest BCUT2D eigenvalue weighted by Crippen LogP contribution is 2.31. The second-order valence-electron chi connectivity index (χ2n) is 8.98. The molecule has 0 saturated carbocycles. The molecule has 0 spiro atoms. The molecule has 0 saturated heterocycles. The van der Waals surface area contributed by atoms with Gasteiger partial charge in [0.05, 0.1) is 16.7 Å².